The van der Waals surface area contributed by atoms with Crippen LogP contribution in [0.3, 0.4) is 0 Å². The lowest BCUT2D eigenvalue weighted by molar-refractivity contribution is -0.384. The molecule has 0 aliphatic heterocycles. The maximum atomic E-state index is 11.6. The van der Waals surface area contributed by atoms with Crippen LogP contribution in [0.1, 0.15) is 10.4 Å². The lowest BCUT2D eigenvalue weighted by Crippen LogP contribution is -2.26. The number of non-ortho nitro benzene ring substituents is 1. The number of nitrogens with one attached hydrogen (secondary N) is 1. The molecule has 0 unspecified atom stereocenters. The Kier molecular flexibility index (Phi) is 4.68. The Bertz CT molecular complexity index is 465. The van der Waals surface area contributed by atoms with Crippen molar-refractivity contribution < 1.29 is 14.8 Å². The molecule has 1 aromatic carbocycles. The van der Waals surface area contributed by atoms with E-state index in [9.17, 15) is 14.9 Å². The molecule has 0 fully saturated rings. The van der Waals surface area contributed by atoms with E-state index in [2.05, 4.69) is 5.32 Å². The van der Waals surface area contributed by atoms with Gasteiger partial charge in [0.05, 0.1) is 27.1 Å². The van der Waals surface area contributed by atoms with E-state index in [1.807, 2.05) is 0 Å². The van der Waals surface area contributed by atoms with E-state index in [0.717, 1.165) is 12.1 Å². The van der Waals surface area contributed by atoms with Crippen LogP contribution in [-0.2, 0) is 0 Å². The first-order chi connectivity index (χ1) is 7.97. The van der Waals surface area contributed by atoms with Crippen LogP contribution in [0.15, 0.2) is 12.1 Å². The molecule has 2 N–H and O–H groups in total. The summed E-state index contributed by atoms with van der Waals surface area (Å²) >= 11 is 11.4. The minimum absolute atomic E-state index is 0.0233. The second kappa shape index (κ2) is 5.81. The summed E-state index contributed by atoms with van der Waals surface area (Å²) in [6.07, 6.45) is 0. The summed E-state index contributed by atoms with van der Waals surface area (Å²) < 4.78 is 0. The number of hydrogen-bond donors (Lipinski definition) is 2. The lowest BCUT2D eigenvalue weighted by Gasteiger charge is -2.06. The summed E-state index contributed by atoms with van der Waals surface area (Å²) in [7, 11) is 0. The third kappa shape index (κ3) is 3.29. The maximum absolute atomic E-state index is 11.6. The van der Waals surface area contributed by atoms with Gasteiger partial charge in [0, 0.05) is 18.7 Å². The Labute approximate surface area is 106 Å². The van der Waals surface area contributed by atoms with Gasteiger partial charge in [-0.05, 0) is 0 Å². The molecule has 1 amide bonds. The molecule has 6 nitrogen and oxygen atoms in total. The second-order valence-corrected chi connectivity index (χ2v) is 3.81. The van der Waals surface area contributed by atoms with Gasteiger partial charge in [0.15, 0.2) is 0 Å². The molecule has 0 saturated heterocycles. The molecule has 1 aromatic rings. The molecule has 0 spiro atoms. The van der Waals surface area contributed by atoms with E-state index < -0.39 is 10.8 Å². The number of aliphatic hydroxyl groups excluding tert-OH is 1. The minimum atomic E-state index is -0.676. The normalized spacial score (nSPS) is 10.1. The number of benzene rings is 1. The van der Waals surface area contributed by atoms with Crippen molar-refractivity contribution in [1.82, 2.24) is 5.32 Å². The average molecular weight is 279 g/mol. The zero-order chi connectivity index (χ0) is 13.0. The number of aliphatic hydroxyl groups is 1. The van der Waals surface area contributed by atoms with Crippen molar-refractivity contribution in [3.63, 3.8) is 0 Å². The van der Waals surface area contributed by atoms with Gasteiger partial charge in [0.1, 0.15) is 0 Å². The lowest BCUT2D eigenvalue weighted by atomic mass is 10.2. The van der Waals surface area contributed by atoms with Crippen molar-refractivity contribution in [3.8, 4) is 0 Å². The Morgan fingerprint density at radius 1 is 1.47 bits per heavy atom. The number of nitro benzene ring substituents is 1. The standard InChI is InChI=1S/C9H8Cl2N2O4/c10-7-4-5(13(16)17)3-6(8(7)11)9(15)12-1-2-14/h3-4,14H,1-2H2,(H,12,15). The summed E-state index contributed by atoms with van der Waals surface area (Å²) in [6, 6.07) is 2.09. The predicted molar refractivity (Wildman–Crippen MR) is 62.5 cm³/mol. The molecule has 0 bridgehead atoms. The van der Waals surface area contributed by atoms with Gasteiger partial charge in [0.2, 0.25) is 0 Å². The molecule has 92 valence electrons. The van der Waals surface area contributed by atoms with Crippen molar-refractivity contribution in [2.75, 3.05) is 13.2 Å². The molecule has 17 heavy (non-hydrogen) atoms. The van der Waals surface area contributed by atoms with Gasteiger partial charge in [-0.3, -0.25) is 14.9 Å². The van der Waals surface area contributed by atoms with Crippen LogP contribution in [0.25, 0.3) is 0 Å². The molecule has 0 heterocycles. The van der Waals surface area contributed by atoms with E-state index in [4.69, 9.17) is 28.3 Å². The maximum Gasteiger partial charge on any atom is 0.271 e. The number of carbonyl (C=O) groups is 1. The van der Waals surface area contributed by atoms with Crippen LogP contribution in [-0.4, -0.2) is 29.1 Å². The molecular weight excluding hydrogens is 271 g/mol. The Balaban J connectivity index is 3.13. The summed E-state index contributed by atoms with van der Waals surface area (Å²) in [4.78, 5) is 21.5. The first-order valence-electron chi connectivity index (χ1n) is 4.50. The van der Waals surface area contributed by atoms with Gasteiger partial charge in [0.25, 0.3) is 11.6 Å². The van der Waals surface area contributed by atoms with Gasteiger partial charge >= 0.3 is 0 Å². The van der Waals surface area contributed by atoms with Crippen LogP contribution in [0.5, 0.6) is 0 Å². The van der Waals surface area contributed by atoms with Gasteiger partial charge in [-0.25, -0.2) is 0 Å². The van der Waals surface area contributed by atoms with E-state index >= 15 is 0 Å². The Morgan fingerprint density at radius 3 is 2.65 bits per heavy atom. The molecule has 8 heteroatoms. The fraction of sp³-hybridized carbons (Fsp3) is 0.222. The minimum Gasteiger partial charge on any atom is -0.395 e. The van der Waals surface area contributed by atoms with Gasteiger partial charge in [-0.15, -0.1) is 0 Å². The SMILES string of the molecule is O=C(NCCO)c1cc([N+](=O)[O-])cc(Cl)c1Cl. The molecule has 0 radical (unpaired) electrons. The first-order valence-corrected chi connectivity index (χ1v) is 5.25. The second-order valence-electron chi connectivity index (χ2n) is 3.03. The van der Waals surface area contributed by atoms with Crippen LogP contribution < -0.4 is 5.32 Å². The zero-order valence-corrected chi connectivity index (χ0v) is 9.96. The number of halogens is 2. The number of amides is 1. The summed E-state index contributed by atoms with van der Waals surface area (Å²) in [5.74, 6) is -0.630. The van der Waals surface area contributed by atoms with Crippen molar-refractivity contribution >= 4 is 34.8 Å². The average Bonchev–Trinajstić information content (AvgIpc) is 2.29. The van der Waals surface area contributed by atoms with Crippen molar-refractivity contribution in [2.24, 2.45) is 0 Å². The van der Waals surface area contributed by atoms with Gasteiger partial charge < -0.3 is 10.4 Å². The van der Waals surface area contributed by atoms with Gasteiger partial charge in [-0.1, -0.05) is 23.2 Å². The highest BCUT2D eigenvalue weighted by Crippen LogP contribution is 2.30. The molecular formula is C9H8Cl2N2O4. The molecule has 0 aliphatic carbocycles. The highest BCUT2D eigenvalue weighted by atomic mass is 35.5. The number of carbonyl (C=O) groups excluding carboxylic acids is 1. The summed E-state index contributed by atoms with van der Waals surface area (Å²) in [6.45, 7) is -0.221. The Morgan fingerprint density at radius 2 is 2.12 bits per heavy atom. The fourth-order valence-electron chi connectivity index (χ4n) is 1.11. The quantitative estimate of drug-likeness (QED) is 0.647. The topological polar surface area (TPSA) is 92.5 Å². The summed E-state index contributed by atoms with van der Waals surface area (Å²) in [5.41, 5.74) is -0.423. The van der Waals surface area contributed by atoms with E-state index in [1.54, 1.807) is 0 Å². The van der Waals surface area contributed by atoms with Crippen molar-refractivity contribution in [1.29, 1.82) is 0 Å². The van der Waals surface area contributed by atoms with E-state index in [1.165, 1.54) is 0 Å². The van der Waals surface area contributed by atoms with Gasteiger partial charge in [-0.2, -0.15) is 0 Å². The molecule has 1 rings (SSSR count). The molecule has 0 aromatic heterocycles. The Hall–Kier alpha value is -1.37. The molecule has 0 aliphatic rings. The number of hydrogen-bond acceptors (Lipinski definition) is 4. The highest BCUT2D eigenvalue weighted by Gasteiger charge is 2.18. The summed E-state index contributed by atoms with van der Waals surface area (Å²) in [5, 5.41) is 21.3. The zero-order valence-electron chi connectivity index (χ0n) is 8.44. The monoisotopic (exact) mass is 278 g/mol. The van der Waals surface area contributed by atoms with Crippen LogP contribution in [0.2, 0.25) is 10.0 Å². The first kappa shape index (κ1) is 13.7. The molecule has 0 saturated carbocycles. The smallest absolute Gasteiger partial charge is 0.271 e. The number of nitrogens with zero attached hydrogens (tertiary/aromatic N) is 1. The third-order valence-corrected chi connectivity index (χ3v) is 2.67. The van der Waals surface area contributed by atoms with Crippen LogP contribution in [0, 0.1) is 10.1 Å². The van der Waals surface area contributed by atoms with Crippen LogP contribution in [0.4, 0.5) is 5.69 Å². The van der Waals surface area contributed by atoms with E-state index in [-0.39, 0.29) is 34.4 Å². The third-order valence-electron chi connectivity index (χ3n) is 1.87. The molecule has 0 atom stereocenters. The fourth-order valence-corrected chi connectivity index (χ4v) is 1.52. The van der Waals surface area contributed by atoms with E-state index in [0.29, 0.717) is 0 Å². The largest absolute Gasteiger partial charge is 0.395 e. The number of nitro groups is 1. The van der Waals surface area contributed by atoms with Crippen LogP contribution >= 0.6 is 23.2 Å². The highest BCUT2D eigenvalue weighted by molar-refractivity contribution is 6.44. The van der Waals surface area contributed by atoms with Crippen molar-refractivity contribution in [2.45, 2.75) is 0 Å². The van der Waals surface area contributed by atoms with Crippen molar-refractivity contribution in [3.05, 3.63) is 37.9 Å². The predicted octanol–water partition coefficient (Wildman–Crippen LogP) is 1.62. The number of rotatable bonds is 4.